The third kappa shape index (κ3) is 3.74. The van der Waals surface area contributed by atoms with Gasteiger partial charge in [0.25, 0.3) is 0 Å². The number of benzene rings is 2. The largest absolute Gasteiger partial charge is 0.247 e. The van der Waals surface area contributed by atoms with E-state index < -0.39 is 9.83 Å². The van der Waals surface area contributed by atoms with Crippen molar-refractivity contribution >= 4 is 20.6 Å². The van der Waals surface area contributed by atoms with Crippen LogP contribution in [0.5, 0.6) is 0 Å². The molecule has 2 rings (SSSR count). The second-order valence-electron chi connectivity index (χ2n) is 5.27. The summed E-state index contributed by atoms with van der Waals surface area (Å²) in [6, 6.07) is 20.3. The van der Waals surface area contributed by atoms with Crippen LogP contribution >= 0.6 is 10.8 Å². The van der Waals surface area contributed by atoms with E-state index in [0.29, 0.717) is 0 Å². The molecule has 0 radical (unpaired) electrons. The fraction of sp³-hybridized carbons (Fsp3) is 0.294. The van der Waals surface area contributed by atoms with Crippen molar-refractivity contribution in [2.75, 3.05) is 0 Å². The topological polar surface area (TPSA) is 17.1 Å². The van der Waals surface area contributed by atoms with Gasteiger partial charge in [-0.15, -0.1) is 0 Å². The Labute approximate surface area is 127 Å². The van der Waals surface area contributed by atoms with Crippen LogP contribution < -0.4 is 0 Å². The predicted molar refractivity (Wildman–Crippen MR) is 90.1 cm³/mol. The Morgan fingerprint density at radius 3 is 2.00 bits per heavy atom. The summed E-state index contributed by atoms with van der Waals surface area (Å²) in [6.45, 7) is 6.28. The Morgan fingerprint density at radius 2 is 1.45 bits per heavy atom. The lowest BCUT2D eigenvalue weighted by Crippen LogP contribution is -2.15. The highest BCUT2D eigenvalue weighted by molar-refractivity contribution is 8.69. The molecule has 1 unspecified atom stereocenters. The summed E-state index contributed by atoms with van der Waals surface area (Å²) in [5, 5.41) is 0.0317. The van der Waals surface area contributed by atoms with Crippen LogP contribution in [0.4, 0.5) is 0 Å². The van der Waals surface area contributed by atoms with E-state index in [1.165, 1.54) is 16.4 Å². The van der Waals surface area contributed by atoms with E-state index in [2.05, 4.69) is 26.0 Å². The minimum absolute atomic E-state index is 0.0317. The van der Waals surface area contributed by atoms with Crippen LogP contribution in [0.25, 0.3) is 0 Å². The Hall–Kier alpha value is -1.06. The summed E-state index contributed by atoms with van der Waals surface area (Å²) >= 11 is 0. The third-order valence-corrected chi connectivity index (χ3v) is 7.59. The lowest BCUT2D eigenvalue weighted by atomic mass is 10.0. The lowest BCUT2D eigenvalue weighted by Gasteiger charge is -2.25. The standard InChI is InChI=1S/C17H20OS2/c1-14(15-10-6-4-7-11-15)20(18)19-17(2,3)16-12-8-5-9-13-16/h4-14H,1-3H3/t14?,20-/m1/s1. The highest BCUT2D eigenvalue weighted by Gasteiger charge is 2.27. The van der Waals surface area contributed by atoms with Gasteiger partial charge in [0.2, 0.25) is 0 Å². The van der Waals surface area contributed by atoms with Gasteiger partial charge in [0, 0.05) is 4.75 Å². The molecule has 0 bridgehead atoms. The van der Waals surface area contributed by atoms with Gasteiger partial charge in [-0.05, 0) is 42.7 Å². The quantitative estimate of drug-likeness (QED) is 0.717. The summed E-state index contributed by atoms with van der Waals surface area (Å²) in [4.78, 5) is 0. The fourth-order valence-electron chi connectivity index (χ4n) is 2.00. The SMILES string of the molecule is CC(c1ccccc1)[S@](=O)SC(C)(C)c1ccccc1. The number of rotatable bonds is 5. The van der Waals surface area contributed by atoms with Gasteiger partial charge in [-0.1, -0.05) is 60.7 Å². The van der Waals surface area contributed by atoms with E-state index in [4.69, 9.17) is 0 Å². The first-order valence-electron chi connectivity index (χ1n) is 6.71. The van der Waals surface area contributed by atoms with Gasteiger partial charge in [0.05, 0.1) is 15.1 Å². The summed E-state index contributed by atoms with van der Waals surface area (Å²) in [6.07, 6.45) is 0. The average Bonchev–Trinajstić information content (AvgIpc) is 2.48. The zero-order valence-electron chi connectivity index (χ0n) is 12.1. The lowest BCUT2D eigenvalue weighted by molar-refractivity contribution is 0.684. The molecule has 0 aromatic heterocycles. The molecular formula is C17H20OS2. The molecule has 0 aliphatic carbocycles. The minimum atomic E-state index is -0.969. The van der Waals surface area contributed by atoms with Crippen molar-refractivity contribution in [1.82, 2.24) is 0 Å². The van der Waals surface area contributed by atoms with Crippen LogP contribution in [0.3, 0.4) is 0 Å². The summed E-state index contributed by atoms with van der Waals surface area (Å²) in [5.41, 5.74) is 2.33. The van der Waals surface area contributed by atoms with Crippen molar-refractivity contribution in [3.8, 4) is 0 Å². The second-order valence-corrected chi connectivity index (χ2v) is 9.17. The summed E-state index contributed by atoms with van der Waals surface area (Å²) in [5.74, 6) is 0. The van der Waals surface area contributed by atoms with E-state index in [0.717, 1.165) is 5.56 Å². The molecule has 106 valence electrons. The van der Waals surface area contributed by atoms with E-state index >= 15 is 0 Å². The van der Waals surface area contributed by atoms with Crippen molar-refractivity contribution < 1.29 is 4.21 Å². The zero-order valence-corrected chi connectivity index (χ0v) is 13.7. The zero-order chi connectivity index (χ0) is 14.6. The van der Waals surface area contributed by atoms with Crippen molar-refractivity contribution in [2.45, 2.75) is 30.8 Å². The van der Waals surface area contributed by atoms with Gasteiger partial charge >= 0.3 is 0 Å². The molecule has 0 amide bonds. The van der Waals surface area contributed by atoms with Crippen molar-refractivity contribution in [1.29, 1.82) is 0 Å². The third-order valence-electron chi connectivity index (χ3n) is 3.32. The molecule has 0 N–H and O–H groups in total. The minimum Gasteiger partial charge on any atom is -0.247 e. The van der Waals surface area contributed by atoms with Crippen LogP contribution in [0.2, 0.25) is 0 Å². The molecule has 0 saturated heterocycles. The molecule has 0 heterocycles. The summed E-state index contributed by atoms with van der Waals surface area (Å²) < 4.78 is 12.4. The van der Waals surface area contributed by atoms with E-state index in [-0.39, 0.29) is 10.00 Å². The van der Waals surface area contributed by atoms with Crippen LogP contribution in [0.1, 0.15) is 37.1 Å². The van der Waals surface area contributed by atoms with Gasteiger partial charge in [0.15, 0.2) is 0 Å². The Morgan fingerprint density at radius 1 is 0.950 bits per heavy atom. The maximum Gasteiger partial charge on any atom is 0.0885 e. The van der Waals surface area contributed by atoms with Crippen LogP contribution in [-0.2, 0) is 14.6 Å². The number of hydrogen-bond donors (Lipinski definition) is 0. The second kappa shape index (κ2) is 6.59. The Kier molecular flexibility index (Phi) is 5.06. The molecule has 0 fully saturated rings. The van der Waals surface area contributed by atoms with Gasteiger partial charge in [-0.25, -0.2) is 4.21 Å². The molecule has 0 spiro atoms. The molecule has 20 heavy (non-hydrogen) atoms. The molecule has 2 atom stereocenters. The van der Waals surface area contributed by atoms with Gasteiger partial charge < -0.3 is 0 Å². The molecule has 0 saturated carbocycles. The number of hydrogen-bond acceptors (Lipinski definition) is 2. The molecule has 0 aliphatic rings. The fourth-order valence-corrected chi connectivity index (χ4v) is 5.45. The molecular weight excluding hydrogens is 284 g/mol. The smallest absolute Gasteiger partial charge is 0.0885 e. The van der Waals surface area contributed by atoms with E-state index in [1.54, 1.807) is 0 Å². The van der Waals surface area contributed by atoms with Crippen LogP contribution in [0.15, 0.2) is 60.7 Å². The van der Waals surface area contributed by atoms with E-state index in [9.17, 15) is 4.21 Å². The maximum absolute atomic E-state index is 12.6. The van der Waals surface area contributed by atoms with Gasteiger partial charge in [0.1, 0.15) is 0 Å². The molecule has 1 nitrogen and oxygen atoms in total. The first-order valence-corrected chi connectivity index (χ1v) is 9.26. The first-order chi connectivity index (χ1) is 9.50. The molecule has 2 aromatic rings. The van der Waals surface area contributed by atoms with Gasteiger partial charge in [-0.2, -0.15) is 0 Å². The molecule has 0 aliphatic heterocycles. The van der Waals surface area contributed by atoms with Crippen molar-refractivity contribution in [3.05, 3.63) is 71.8 Å². The van der Waals surface area contributed by atoms with Crippen molar-refractivity contribution in [3.63, 3.8) is 0 Å². The highest BCUT2D eigenvalue weighted by Crippen LogP contribution is 2.41. The maximum atomic E-state index is 12.6. The van der Waals surface area contributed by atoms with Crippen LogP contribution in [-0.4, -0.2) is 4.21 Å². The first kappa shape index (κ1) is 15.3. The van der Waals surface area contributed by atoms with E-state index in [1.807, 2.05) is 55.5 Å². The molecule has 2 aromatic carbocycles. The summed E-state index contributed by atoms with van der Waals surface area (Å²) in [7, 11) is 0.561. The average molecular weight is 304 g/mol. The molecule has 3 heteroatoms. The normalized spacial score (nSPS) is 14.8. The van der Waals surface area contributed by atoms with Crippen LogP contribution in [0, 0.1) is 0 Å². The Balaban J connectivity index is 2.11. The van der Waals surface area contributed by atoms with Crippen molar-refractivity contribution in [2.24, 2.45) is 0 Å². The highest BCUT2D eigenvalue weighted by atomic mass is 33.1. The Bertz CT molecular complexity index is 564. The van der Waals surface area contributed by atoms with Gasteiger partial charge in [-0.3, -0.25) is 0 Å². The predicted octanol–water partition coefficient (Wildman–Crippen LogP) is 5.08. The monoisotopic (exact) mass is 304 g/mol.